The number of nitriles is 1. The summed E-state index contributed by atoms with van der Waals surface area (Å²) in [6.07, 6.45) is 2.46. The van der Waals surface area contributed by atoms with Crippen LogP contribution in [0.4, 0.5) is 0 Å². The molecule has 0 spiro atoms. The van der Waals surface area contributed by atoms with Gasteiger partial charge in [-0.1, -0.05) is 0 Å². The van der Waals surface area contributed by atoms with Crippen molar-refractivity contribution in [2.75, 3.05) is 19.8 Å². The highest BCUT2D eigenvalue weighted by atomic mass is 16.5. The fourth-order valence-electron chi connectivity index (χ4n) is 2.21. The van der Waals surface area contributed by atoms with Crippen LogP contribution in [0.25, 0.3) is 0 Å². The van der Waals surface area contributed by atoms with E-state index < -0.39 is 5.41 Å². The Morgan fingerprint density at radius 1 is 1.60 bits per heavy atom. The SMILES string of the molecule is C[C@@H]1COCCN1C(=O)C1(C#N)CCC1. The third-order valence-electron chi connectivity index (χ3n) is 3.46. The van der Waals surface area contributed by atoms with Crippen LogP contribution in [0.5, 0.6) is 0 Å². The lowest BCUT2D eigenvalue weighted by molar-refractivity contribution is -0.151. The predicted molar refractivity (Wildman–Crippen MR) is 53.9 cm³/mol. The number of nitrogens with zero attached hydrogens (tertiary/aromatic N) is 2. The van der Waals surface area contributed by atoms with Gasteiger partial charge in [-0.25, -0.2) is 0 Å². The van der Waals surface area contributed by atoms with Crippen LogP contribution in [0.3, 0.4) is 0 Å². The van der Waals surface area contributed by atoms with Gasteiger partial charge in [0.05, 0.1) is 25.3 Å². The Morgan fingerprint density at radius 2 is 2.33 bits per heavy atom. The van der Waals surface area contributed by atoms with E-state index in [0.717, 1.165) is 19.3 Å². The highest BCUT2D eigenvalue weighted by Crippen LogP contribution is 2.42. The normalized spacial score (nSPS) is 29.1. The first kappa shape index (κ1) is 10.4. The van der Waals surface area contributed by atoms with Gasteiger partial charge in [-0.05, 0) is 26.2 Å². The molecule has 1 aliphatic carbocycles. The second-order valence-electron chi connectivity index (χ2n) is 4.47. The van der Waals surface area contributed by atoms with E-state index in [1.807, 2.05) is 11.8 Å². The van der Waals surface area contributed by atoms with Crippen molar-refractivity contribution in [1.29, 1.82) is 5.26 Å². The van der Waals surface area contributed by atoms with Gasteiger partial charge in [-0.15, -0.1) is 0 Å². The fourth-order valence-corrected chi connectivity index (χ4v) is 2.21. The van der Waals surface area contributed by atoms with Crippen LogP contribution in [0.1, 0.15) is 26.2 Å². The largest absolute Gasteiger partial charge is 0.377 e. The van der Waals surface area contributed by atoms with Gasteiger partial charge in [0.2, 0.25) is 5.91 Å². The molecule has 0 aromatic rings. The van der Waals surface area contributed by atoms with Crippen LogP contribution in [0, 0.1) is 16.7 Å². The first-order valence-electron chi connectivity index (χ1n) is 5.50. The second-order valence-corrected chi connectivity index (χ2v) is 4.47. The van der Waals surface area contributed by atoms with Crippen LogP contribution >= 0.6 is 0 Å². The van der Waals surface area contributed by atoms with E-state index in [9.17, 15) is 4.79 Å². The number of amides is 1. The van der Waals surface area contributed by atoms with E-state index in [1.54, 1.807) is 0 Å². The van der Waals surface area contributed by atoms with Gasteiger partial charge in [-0.3, -0.25) is 4.79 Å². The molecule has 15 heavy (non-hydrogen) atoms. The van der Waals surface area contributed by atoms with Crippen molar-refractivity contribution < 1.29 is 9.53 Å². The minimum Gasteiger partial charge on any atom is -0.377 e. The summed E-state index contributed by atoms with van der Waals surface area (Å²) in [6, 6.07) is 2.31. The Balaban J connectivity index is 2.09. The minimum absolute atomic E-state index is 0.0204. The maximum Gasteiger partial charge on any atom is 0.243 e. The molecule has 4 heteroatoms. The molecule has 0 aromatic heterocycles. The quantitative estimate of drug-likeness (QED) is 0.644. The molecule has 0 aromatic carbocycles. The van der Waals surface area contributed by atoms with Crippen molar-refractivity contribution in [2.45, 2.75) is 32.2 Å². The zero-order valence-electron chi connectivity index (χ0n) is 9.03. The Kier molecular flexibility index (Phi) is 2.66. The first-order chi connectivity index (χ1) is 7.19. The summed E-state index contributed by atoms with van der Waals surface area (Å²) in [5, 5.41) is 9.10. The molecule has 1 amide bonds. The average Bonchev–Trinajstić information content (AvgIpc) is 2.17. The topological polar surface area (TPSA) is 53.3 Å². The van der Waals surface area contributed by atoms with Gasteiger partial charge < -0.3 is 9.64 Å². The number of hydrogen-bond acceptors (Lipinski definition) is 3. The lowest BCUT2D eigenvalue weighted by Gasteiger charge is -2.42. The maximum absolute atomic E-state index is 12.2. The van der Waals surface area contributed by atoms with Crippen molar-refractivity contribution in [2.24, 2.45) is 5.41 Å². The highest BCUT2D eigenvalue weighted by molar-refractivity contribution is 5.86. The zero-order valence-corrected chi connectivity index (χ0v) is 9.03. The predicted octanol–water partition coefficient (Wildman–Crippen LogP) is 0.928. The fraction of sp³-hybridized carbons (Fsp3) is 0.818. The van der Waals surface area contributed by atoms with Crippen molar-refractivity contribution in [3.05, 3.63) is 0 Å². The standard InChI is InChI=1S/C11H16N2O2/c1-9-7-15-6-5-13(9)10(14)11(8-12)3-2-4-11/h9H,2-7H2,1H3/t9-/m1/s1. The maximum atomic E-state index is 12.2. The summed E-state index contributed by atoms with van der Waals surface area (Å²) in [4.78, 5) is 14.0. The van der Waals surface area contributed by atoms with Crippen LogP contribution in [-0.2, 0) is 9.53 Å². The third-order valence-corrected chi connectivity index (χ3v) is 3.46. The molecular formula is C11H16N2O2. The van der Waals surface area contributed by atoms with Gasteiger partial charge in [0.25, 0.3) is 0 Å². The molecule has 1 atom stereocenters. The monoisotopic (exact) mass is 208 g/mol. The number of carbonyl (C=O) groups is 1. The second kappa shape index (κ2) is 3.82. The molecule has 1 aliphatic heterocycles. The van der Waals surface area contributed by atoms with E-state index in [2.05, 4.69) is 6.07 Å². The van der Waals surface area contributed by atoms with E-state index in [4.69, 9.17) is 10.00 Å². The molecule has 1 heterocycles. The summed E-state index contributed by atoms with van der Waals surface area (Å²) >= 11 is 0. The van der Waals surface area contributed by atoms with Gasteiger partial charge in [0.15, 0.2) is 0 Å². The molecule has 0 unspecified atom stereocenters. The number of ether oxygens (including phenoxy) is 1. The van der Waals surface area contributed by atoms with Gasteiger partial charge in [-0.2, -0.15) is 5.26 Å². The van der Waals surface area contributed by atoms with E-state index >= 15 is 0 Å². The minimum atomic E-state index is -0.703. The molecule has 82 valence electrons. The Labute approximate surface area is 89.8 Å². The van der Waals surface area contributed by atoms with E-state index in [1.165, 1.54) is 0 Å². The van der Waals surface area contributed by atoms with Crippen molar-refractivity contribution in [3.63, 3.8) is 0 Å². The Morgan fingerprint density at radius 3 is 2.80 bits per heavy atom. The number of morpholine rings is 1. The van der Waals surface area contributed by atoms with Crippen LogP contribution in [0.2, 0.25) is 0 Å². The summed E-state index contributed by atoms with van der Waals surface area (Å²) in [7, 11) is 0. The number of carbonyl (C=O) groups excluding carboxylic acids is 1. The first-order valence-corrected chi connectivity index (χ1v) is 5.50. The van der Waals surface area contributed by atoms with Crippen molar-refractivity contribution >= 4 is 5.91 Å². The zero-order chi connectivity index (χ0) is 10.9. The van der Waals surface area contributed by atoms with Crippen molar-refractivity contribution in [1.82, 2.24) is 4.90 Å². The highest BCUT2D eigenvalue weighted by Gasteiger charge is 2.48. The summed E-state index contributed by atoms with van der Waals surface area (Å²) < 4.78 is 5.28. The van der Waals surface area contributed by atoms with Gasteiger partial charge in [0, 0.05) is 6.54 Å². The van der Waals surface area contributed by atoms with Gasteiger partial charge >= 0.3 is 0 Å². The smallest absolute Gasteiger partial charge is 0.243 e. The van der Waals surface area contributed by atoms with E-state index in [0.29, 0.717) is 19.8 Å². The van der Waals surface area contributed by atoms with E-state index in [-0.39, 0.29) is 11.9 Å². The van der Waals surface area contributed by atoms with Crippen molar-refractivity contribution in [3.8, 4) is 6.07 Å². The van der Waals surface area contributed by atoms with Gasteiger partial charge in [0.1, 0.15) is 5.41 Å². The molecule has 4 nitrogen and oxygen atoms in total. The Hall–Kier alpha value is -1.08. The number of hydrogen-bond donors (Lipinski definition) is 0. The molecule has 2 aliphatic rings. The molecule has 0 bridgehead atoms. The lowest BCUT2D eigenvalue weighted by atomic mass is 9.69. The molecule has 2 fully saturated rings. The van der Waals surface area contributed by atoms with Crippen LogP contribution < -0.4 is 0 Å². The summed E-state index contributed by atoms with van der Waals surface area (Å²) in [5.41, 5.74) is -0.703. The summed E-state index contributed by atoms with van der Waals surface area (Å²) in [6.45, 7) is 3.79. The molecule has 1 saturated heterocycles. The molecular weight excluding hydrogens is 192 g/mol. The summed E-state index contributed by atoms with van der Waals surface area (Å²) in [5.74, 6) is 0.0204. The lowest BCUT2D eigenvalue weighted by Crippen LogP contribution is -2.54. The molecule has 2 rings (SSSR count). The average molecular weight is 208 g/mol. The van der Waals surface area contributed by atoms with Crippen LogP contribution in [0.15, 0.2) is 0 Å². The number of rotatable bonds is 1. The van der Waals surface area contributed by atoms with Crippen LogP contribution in [-0.4, -0.2) is 36.6 Å². The Bertz CT molecular complexity index is 304. The third kappa shape index (κ3) is 1.61. The molecule has 0 N–H and O–H groups in total. The molecule has 1 saturated carbocycles. The molecule has 0 radical (unpaired) electrons.